The van der Waals surface area contributed by atoms with Crippen LogP contribution in [0.25, 0.3) is 5.65 Å². The molecule has 1 amide bonds. The van der Waals surface area contributed by atoms with Gasteiger partial charge in [-0.1, -0.05) is 19.9 Å². The van der Waals surface area contributed by atoms with Crippen LogP contribution >= 0.6 is 0 Å². The molecule has 0 unspecified atom stereocenters. The van der Waals surface area contributed by atoms with Gasteiger partial charge >= 0.3 is 6.01 Å². The molecule has 0 spiro atoms. The number of fused-ring (bicyclic) bond motifs is 1. The summed E-state index contributed by atoms with van der Waals surface area (Å²) in [7, 11) is 2.13. The number of rotatable bonds is 7. The van der Waals surface area contributed by atoms with Crippen LogP contribution in [0.4, 0.5) is 11.6 Å². The summed E-state index contributed by atoms with van der Waals surface area (Å²) in [5.41, 5.74) is 3.11. The van der Waals surface area contributed by atoms with Crippen LogP contribution in [0.3, 0.4) is 0 Å². The third-order valence-corrected chi connectivity index (χ3v) is 6.99. The minimum atomic E-state index is -0.0640. The third-order valence-electron chi connectivity index (χ3n) is 6.99. The van der Waals surface area contributed by atoms with Gasteiger partial charge in [0, 0.05) is 35.9 Å². The van der Waals surface area contributed by atoms with E-state index in [9.17, 15) is 4.79 Å². The molecule has 2 fully saturated rings. The van der Waals surface area contributed by atoms with Crippen molar-refractivity contribution in [2.24, 2.45) is 0 Å². The molecule has 4 heterocycles. The summed E-state index contributed by atoms with van der Waals surface area (Å²) in [6.07, 6.45) is 5.70. The Morgan fingerprint density at radius 1 is 1.14 bits per heavy atom. The fourth-order valence-electron chi connectivity index (χ4n) is 4.77. The van der Waals surface area contributed by atoms with Crippen molar-refractivity contribution in [3.8, 4) is 6.01 Å². The lowest BCUT2D eigenvalue weighted by atomic mass is 10.1. The molecule has 0 aliphatic carbocycles. The minimum Gasteiger partial charge on any atom is -0.460 e. The topological polar surface area (TPSA) is 109 Å². The molecule has 10 nitrogen and oxygen atoms in total. The first-order chi connectivity index (χ1) is 17.5. The van der Waals surface area contributed by atoms with E-state index < -0.39 is 0 Å². The number of carbonyl (C=O) groups is 1. The maximum Gasteiger partial charge on any atom is 0.322 e. The lowest BCUT2D eigenvalue weighted by Crippen LogP contribution is -2.42. The zero-order chi connectivity index (χ0) is 25.1. The highest BCUT2D eigenvalue weighted by Crippen LogP contribution is 2.26. The monoisotopic (exact) mass is 492 g/mol. The Hall–Kier alpha value is -3.24. The molecule has 3 aromatic rings. The summed E-state index contributed by atoms with van der Waals surface area (Å²) in [5, 5.41) is 14.4. The fraction of sp³-hybridized carbons (Fsp3) is 0.538. The molecule has 2 aliphatic rings. The summed E-state index contributed by atoms with van der Waals surface area (Å²) in [4.78, 5) is 24.6. The van der Waals surface area contributed by atoms with Crippen LogP contribution in [0.5, 0.6) is 6.01 Å². The average molecular weight is 493 g/mol. The van der Waals surface area contributed by atoms with Crippen molar-refractivity contribution in [2.75, 3.05) is 38.5 Å². The smallest absolute Gasteiger partial charge is 0.322 e. The molecule has 0 atom stereocenters. The Morgan fingerprint density at radius 2 is 1.92 bits per heavy atom. The van der Waals surface area contributed by atoms with E-state index >= 15 is 0 Å². The molecule has 0 saturated carbocycles. The van der Waals surface area contributed by atoms with Gasteiger partial charge in [-0.3, -0.25) is 4.79 Å². The number of ether oxygens (including phenoxy) is 1. The second-order valence-electron chi connectivity index (χ2n) is 10.1. The molecule has 3 N–H and O–H groups in total. The summed E-state index contributed by atoms with van der Waals surface area (Å²) in [6.45, 7) is 8.09. The van der Waals surface area contributed by atoms with Gasteiger partial charge in [0.2, 0.25) is 5.95 Å². The predicted molar refractivity (Wildman–Crippen MR) is 139 cm³/mol. The van der Waals surface area contributed by atoms with Crippen LogP contribution in [0.2, 0.25) is 0 Å². The predicted octanol–water partition coefficient (Wildman–Crippen LogP) is 2.95. The molecular weight excluding hydrogens is 456 g/mol. The first-order valence-corrected chi connectivity index (χ1v) is 13.0. The second-order valence-corrected chi connectivity index (χ2v) is 10.1. The number of nitrogens with one attached hydrogen (secondary N) is 3. The van der Waals surface area contributed by atoms with E-state index in [0.717, 1.165) is 68.8 Å². The molecule has 192 valence electrons. The first-order valence-electron chi connectivity index (χ1n) is 13.0. The number of benzene rings is 1. The van der Waals surface area contributed by atoms with E-state index in [1.54, 1.807) is 4.52 Å². The maximum absolute atomic E-state index is 12.9. The zero-order valence-corrected chi connectivity index (χ0v) is 21.3. The van der Waals surface area contributed by atoms with Crippen molar-refractivity contribution in [1.82, 2.24) is 35.1 Å². The van der Waals surface area contributed by atoms with Crippen LogP contribution in [-0.4, -0.2) is 75.8 Å². The Morgan fingerprint density at radius 3 is 2.67 bits per heavy atom. The maximum atomic E-state index is 12.9. The number of piperidine rings is 2. The van der Waals surface area contributed by atoms with Gasteiger partial charge in [-0.15, -0.1) is 0 Å². The molecule has 36 heavy (non-hydrogen) atoms. The number of nitrogens with zero attached hydrogens (tertiary/aromatic N) is 5. The van der Waals surface area contributed by atoms with E-state index in [1.807, 2.05) is 30.5 Å². The molecule has 5 rings (SSSR count). The van der Waals surface area contributed by atoms with Gasteiger partial charge in [0.25, 0.3) is 5.91 Å². The second kappa shape index (κ2) is 10.8. The summed E-state index contributed by atoms with van der Waals surface area (Å²) in [5.74, 6) is 0.694. The van der Waals surface area contributed by atoms with Crippen molar-refractivity contribution < 1.29 is 9.53 Å². The standard InChI is InChI=1S/C26H36N8O2/c1-17(2)22-16-28-34-23(22)31-26(36-21-9-13-33(3)14-10-21)32-25(34)30-20-6-4-5-18(15-20)24(35)29-19-7-11-27-12-8-19/h4-6,15-17,19,21,27H,7-14H2,1-3H3,(H,29,35)(H,30,31,32). The molecule has 2 saturated heterocycles. The number of likely N-dealkylation sites (tertiary alicyclic amines) is 1. The van der Waals surface area contributed by atoms with Crippen LogP contribution in [0.1, 0.15) is 61.4 Å². The highest BCUT2D eigenvalue weighted by atomic mass is 16.5. The molecule has 1 aromatic carbocycles. The summed E-state index contributed by atoms with van der Waals surface area (Å²) in [6, 6.07) is 8.01. The van der Waals surface area contributed by atoms with Crippen LogP contribution in [-0.2, 0) is 0 Å². The van der Waals surface area contributed by atoms with Crippen molar-refractivity contribution in [3.63, 3.8) is 0 Å². The normalized spacial score (nSPS) is 18.0. The number of anilines is 2. The van der Waals surface area contributed by atoms with E-state index in [2.05, 4.69) is 51.8 Å². The number of hydrogen-bond acceptors (Lipinski definition) is 8. The molecule has 10 heteroatoms. The number of hydrogen-bond donors (Lipinski definition) is 3. The summed E-state index contributed by atoms with van der Waals surface area (Å²) >= 11 is 0. The van der Waals surface area contributed by atoms with Crippen LogP contribution in [0, 0.1) is 0 Å². The third kappa shape index (κ3) is 5.60. The van der Waals surface area contributed by atoms with Crippen molar-refractivity contribution in [2.45, 2.75) is 57.6 Å². The van der Waals surface area contributed by atoms with Gasteiger partial charge < -0.3 is 25.6 Å². The van der Waals surface area contributed by atoms with E-state index in [0.29, 0.717) is 17.5 Å². The Labute approximate surface area is 211 Å². The molecular formula is C26H36N8O2. The Kier molecular flexibility index (Phi) is 7.33. The van der Waals surface area contributed by atoms with Crippen molar-refractivity contribution in [3.05, 3.63) is 41.6 Å². The van der Waals surface area contributed by atoms with Gasteiger partial charge in [0.1, 0.15) is 6.10 Å². The lowest BCUT2D eigenvalue weighted by molar-refractivity contribution is 0.0929. The van der Waals surface area contributed by atoms with Gasteiger partial charge in [0.05, 0.1) is 6.20 Å². The molecule has 2 aromatic heterocycles. The SMILES string of the molecule is CC(C)c1cnn2c(Nc3cccc(C(=O)NC4CCNCC4)c3)nc(OC3CCN(C)CC3)nc12. The number of aromatic nitrogens is 4. The molecule has 0 bridgehead atoms. The summed E-state index contributed by atoms with van der Waals surface area (Å²) < 4.78 is 7.95. The fourth-order valence-corrected chi connectivity index (χ4v) is 4.77. The van der Waals surface area contributed by atoms with Crippen molar-refractivity contribution in [1.29, 1.82) is 0 Å². The van der Waals surface area contributed by atoms with Gasteiger partial charge in [-0.05, 0) is 69.9 Å². The van der Waals surface area contributed by atoms with E-state index in [4.69, 9.17) is 9.72 Å². The largest absolute Gasteiger partial charge is 0.460 e. The first kappa shape index (κ1) is 24.5. The van der Waals surface area contributed by atoms with Crippen LogP contribution in [0.15, 0.2) is 30.5 Å². The Bertz CT molecular complexity index is 1200. The highest BCUT2D eigenvalue weighted by Gasteiger charge is 2.22. The number of carbonyl (C=O) groups excluding carboxylic acids is 1. The van der Waals surface area contributed by atoms with Gasteiger partial charge in [-0.2, -0.15) is 19.6 Å². The average Bonchev–Trinajstić information content (AvgIpc) is 3.31. The van der Waals surface area contributed by atoms with Crippen LogP contribution < -0.4 is 20.7 Å². The van der Waals surface area contributed by atoms with E-state index in [-0.39, 0.29) is 24.0 Å². The van der Waals surface area contributed by atoms with E-state index in [1.165, 1.54) is 0 Å². The minimum absolute atomic E-state index is 0.0640. The Balaban J connectivity index is 1.39. The van der Waals surface area contributed by atoms with Gasteiger partial charge in [0.15, 0.2) is 5.65 Å². The molecule has 0 radical (unpaired) electrons. The lowest BCUT2D eigenvalue weighted by Gasteiger charge is -2.28. The quantitative estimate of drug-likeness (QED) is 0.462. The van der Waals surface area contributed by atoms with Gasteiger partial charge in [-0.25, -0.2) is 0 Å². The molecule has 2 aliphatic heterocycles. The zero-order valence-electron chi connectivity index (χ0n) is 21.3. The van der Waals surface area contributed by atoms with Crippen molar-refractivity contribution >= 4 is 23.2 Å². The highest BCUT2D eigenvalue weighted by molar-refractivity contribution is 5.95. The number of amides is 1.